The van der Waals surface area contributed by atoms with Gasteiger partial charge in [0.2, 0.25) is 0 Å². The molecule has 0 bridgehead atoms. The van der Waals surface area contributed by atoms with Crippen molar-refractivity contribution in [2.24, 2.45) is 0 Å². The Bertz CT molecular complexity index is 475. The number of allylic oxidation sites excluding steroid dienone is 1. The lowest BCUT2D eigenvalue weighted by molar-refractivity contribution is 1.48. The minimum Gasteiger partial charge on any atom is -0.103 e. The first-order chi connectivity index (χ1) is 9.64. The number of hydrogen-bond donors (Lipinski definition) is 0. The van der Waals surface area contributed by atoms with Gasteiger partial charge in [-0.25, -0.2) is 0 Å². The molecule has 20 heavy (non-hydrogen) atoms. The molecule has 0 heterocycles. The van der Waals surface area contributed by atoms with E-state index in [1.165, 1.54) is 0 Å². The van der Waals surface area contributed by atoms with E-state index in [0.29, 0.717) is 0 Å². The number of benzene rings is 1. The quantitative estimate of drug-likeness (QED) is 0.630. The highest BCUT2D eigenvalue weighted by molar-refractivity contribution is 5.63. The van der Waals surface area contributed by atoms with Crippen molar-refractivity contribution >= 4 is 24.8 Å². The highest BCUT2D eigenvalue weighted by Crippen LogP contribution is 2.06. The topological polar surface area (TPSA) is 0 Å². The zero-order chi connectivity index (χ0) is 16.6. The molecule has 0 saturated heterocycles. The normalized spacial score (nSPS) is 8.60. The first kappa shape index (κ1) is 23.3. The number of rotatable bonds is 2. The predicted octanol–water partition coefficient (Wildman–Crippen LogP) is 5.43. The van der Waals surface area contributed by atoms with Gasteiger partial charge in [0.15, 0.2) is 0 Å². The molecule has 0 radical (unpaired) electrons. The molecule has 0 saturated carbocycles. The van der Waals surface area contributed by atoms with Crippen molar-refractivity contribution in [1.29, 1.82) is 0 Å². The molecule has 0 unspecified atom stereocenters. The summed E-state index contributed by atoms with van der Waals surface area (Å²) in [5.41, 5.74) is 2.20. The molecule has 0 aromatic heterocycles. The van der Waals surface area contributed by atoms with Gasteiger partial charge >= 0.3 is 0 Å². The lowest BCUT2D eigenvalue weighted by atomic mass is 10.0. The first-order valence-electron chi connectivity index (χ1n) is 7.25. The van der Waals surface area contributed by atoms with E-state index in [9.17, 15) is 0 Å². The fourth-order valence-corrected chi connectivity index (χ4v) is 1.32. The highest BCUT2D eigenvalue weighted by Gasteiger charge is 1.94. The molecule has 0 amide bonds. The summed E-state index contributed by atoms with van der Waals surface area (Å²) in [5, 5.41) is 2.18. The van der Waals surface area contributed by atoms with E-state index in [0.717, 1.165) is 21.6 Å². The third-order valence-electron chi connectivity index (χ3n) is 2.10. The van der Waals surface area contributed by atoms with E-state index < -0.39 is 0 Å². The predicted molar refractivity (Wildman–Crippen MR) is 100 cm³/mol. The first-order valence-corrected chi connectivity index (χ1v) is 7.25. The van der Waals surface area contributed by atoms with E-state index in [-0.39, 0.29) is 0 Å². The van der Waals surface area contributed by atoms with Crippen LogP contribution in [-0.2, 0) is 0 Å². The van der Waals surface area contributed by atoms with Crippen LogP contribution in [0, 0.1) is 0 Å². The van der Waals surface area contributed by atoms with Gasteiger partial charge in [0.05, 0.1) is 0 Å². The van der Waals surface area contributed by atoms with E-state index in [2.05, 4.69) is 32.4 Å². The lowest BCUT2D eigenvalue weighted by Gasteiger charge is -2.00. The van der Waals surface area contributed by atoms with Gasteiger partial charge in [-0.3, -0.25) is 0 Å². The molecule has 1 aromatic rings. The molecule has 0 spiro atoms. The van der Waals surface area contributed by atoms with Crippen molar-refractivity contribution in [2.45, 2.75) is 41.5 Å². The van der Waals surface area contributed by atoms with Crippen LogP contribution >= 0.6 is 0 Å². The monoisotopic (exact) mass is 272 g/mol. The maximum Gasteiger partial charge on any atom is -0.0184 e. The van der Waals surface area contributed by atoms with Gasteiger partial charge in [-0.2, -0.15) is 0 Å². The molecule has 0 aliphatic heterocycles. The zero-order valence-electron chi connectivity index (χ0n) is 14.3. The Balaban J connectivity index is -0.000000355. The summed E-state index contributed by atoms with van der Waals surface area (Å²) in [7, 11) is 0. The van der Waals surface area contributed by atoms with Crippen LogP contribution in [0.25, 0.3) is 24.8 Å². The van der Waals surface area contributed by atoms with Gasteiger partial charge in [0, 0.05) is 0 Å². The van der Waals surface area contributed by atoms with Crippen LogP contribution in [0.3, 0.4) is 0 Å². The molecule has 0 aliphatic rings. The van der Waals surface area contributed by atoms with Crippen LogP contribution in [0.2, 0.25) is 0 Å². The van der Waals surface area contributed by atoms with Gasteiger partial charge < -0.3 is 0 Å². The van der Waals surface area contributed by atoms with E-state index >= 15 is 0 Å². The largest absolute Gasteiger partial charge is 0.103 e. The fraction of sp³-hybridized carbons (Fsp3) is 0.300. The van der Waals surface area contributed by atoms with Crippen LogP contribution in [-0.4, -0.2) is 0 Å². The molecule has 0 aliphatic carbocycles. The third-order valence-corrected chi connectivity index (χ3v) is 2.10. The van der Waals surface area contributed by atoms with Crippen molar-refractivity contribution in [2.75, 3.05) is 0 Å². The van der Waals surface area contributed by atoms with Crippen LogP contribution in [0.4, 0.5) is 0 Å². The van der Waals surface area contributed by atoms with Crippen LogP contribution in [0.1, 0.15) is 52.7 Å². The summed E-state index contributed by atoms with van der Waals surface area (Å²) in [6, 6.07) is 4.10. The Kier molecular flexibility index (Phi) is 20.0. The Morgan fingerprint density at radius 1 is 0.800 bits per heavy atom. The minimum atomic E-state index is 1.03. The second-order valence-corrected chi connectivity index (χ2v) is 3.29. The second-order valence-electron chi connectivity index (χ2n) is 3.29. The van der Waals surface area contributed by atoms with Crippen LogP contribution in [0.5, 0.6) is 0 Å². The van der Waals surface area contributed by atoms with Crippen molar-refractivity contribution in [1.82, 2.24) is 0 Å². The van der Waals surface area contributed by atoms with Crippen LogP contribution < -0.4 is 10.4 Å². The van der Waals surface area contributed by atoms with Gasteiger partial charge in [-0.15, -0.1) is 6.58 Å². The van der Waals surface area contributed by atoms with Gasteiger partial charge in [0.25, 0.3) is 0 Å². The standard InChI is InChI=1S/C13H14.C3H6.2C2H6/c1-5-11-9-13(7-3)12(6-2)8-10(11)4;1-3-2;2*1-2/h5-9H,2-4H2,1H3;3H,1H2,2H3;2*1-2H3/b11-5-;;;. The van der Waals surface area contributed by atoms with Gasteiger partial charge in [-0.1, -0.05) is 71.7 Å². The third kappa shape index (κ3) is 9.16. The van der Waals surface area contributed by atoms with Gasteiger partial charge in [0.1, 0.15) is 0 Å². The summed E-state index contributed by atoms with van der Waals surface area (Å²) in [6.45, 7) is 26.7. The molecular weight excluding hydrogens is 240 g/mol. The smallest absolute Gasteiger partial charge is 0.0184 e. The van der Waals surface area contributed by atoms with E-state index in [1.807, 2.05) is 65.8 Å². The molecule has 112 valence electrons. The van der Waals surface area contributed by atoms with E-state index in [1.54, 1.807) is 6.08 Å². The molecule has 1 rings (SSSR count). The molecule has 0 heteroatoms. The molecule has 0 nitrogen and oxygen atoms in total. The fourth-order valence-electron chi connectivity index (χ4n) is 1.32. The van der Waals surface area contributed by atoms with Crippen molar-refractivity contribution < 1.29 is 0 Å². The summed E-state index contributed by atoms with van der Waals surface area (Å²) in [5.74, 6) is 0. The Morgan fingerprint density at radius 2 is 1.15 bits per heavy atom. The Labute approximate surface area is 126 Å². The maximum absolute atomic E-state index is 3.96. The molecule has 0 atom stereocenters. The average Bonchev–Trinajstić information content (AvgIpc) is 2.51. The zero-order valence-corrected chi connectivity index (χ0v) is 14.3. The lowest BCUT2D eigenvalue weighted by Crippen LogP contribution is -2.23. The van der Waals surface area contributed by atoms with Crippen LogP contribution in [0.15, 0.2) is 37.9 Å². The van der Waals surface area contributed by atoms with Crippen molar-refractivity contribution in [3.8, 4) is 0 Å². The summed E-state index contributed by atoms with van der Waals surface area (Å²) in [4.78, 5) is 0. The van der Waals surface area contributed by atoms with Gasteiger partial charge in [-0.05, 0) is 47.5 Å². The molecule has 1 aromatic carbocycles. The molecular formula is C20H32. The summed E-state index contributed by atoms with van der Waals surface area (Å²) < 4.78 is 0. The maximum atomic E-state index is 3.96. The van der Waals surface area contributed by atoms with E-state index in [4.69, 9.17) is 0 Å². The average molecular weight is 272 g/mol. The summed E-state index contributed by atoms with van der Waals surface area (Å²) in [6.07, 6.45) is 7.46. The minimum absolute atomic E-state index is 1.03. The summed E-state index contributed by atoms with van der Waals surface area (Å²) >= 11 is 0. The van der Waals surface area contributed by atoms with Crippen molar-refractivity contribution in [3.05, 3.63) is 59.5 Å². The SMILES string of the molecule is C=CC.C=Cc1cc(=C)/c(=C\C)cc1C=C.CC.CC. The Hall–Kier alpha value is -1.82. The second kappa shape index (κ2) is 17.2. The Morgan fingerprint density at radius 3 is 1.45 bits per heavy atom. The highest BCUT2D eigenvalue weighted by atomic mass is 14.0. The number of hydrogen-bond acceptors (Lipinski definition) is 0. The molecule has 0 fully saturated rings. The molecule has 0 N–H and O–H groups in total. The van der Waals surface area contributed by atoms with Crippen molar-refractivity contribution in [3.63, 3.8) is 0 Å².